The normalized spacial score (nSPS) is 40.2. The smallest absolute Gasteiger partial charge is 0.320 e. The average molecular weight is 334 g/mol. The molecule has 4 unspecified atom stereocenters. The molecule has 2 aliphatic heterocycles. The van der Waals surface area contributed by atoms with Gasteiger partial charge in [0.25, 0.3) is 0 Å². The molecule has 0 aromatic heterocycles. The number of ether oxygens (including phenoxy) is 2. The molecule has 0 bridgehead atoms. The number of hydrogen-bond donors (Lipinski definition) is 0. The third-order valence-electron chi connectivity index (χ3n) is 5.95. The molecule has 2 heterocycles. The predicted octanol–water partition coefficient (Wildman–Crippen LogP) is 2.31. The highest BCUT2D eigenvalue weighted by atomic mass is 16.6. The molecule has 3 fully saturated rings. The van der Waals surface area contributed by atoms with Gasteiger partial charge in [0.2, 0.25) is 0 Å². The average Bonchev–Trinajstić information content (AvgIpc) is 2.91. The van der Waals surface area contributed by atoms with Gasteiger partial charge in [-0.3, -0.25) is 19.2 Å². The fraction of sp³-hybridized carbons (Fsp3) is 0.667. The van der Waals surface area contributed by atoms with Crippen molar-refractivity contribution >= 4 is 23.9 Å². The van der Waals surface area contributed by atoms with E-state index in [1.807, 2.05) is 19.1 Å². The van der Waals surface area contributed by atoms with Crippen LogP contribution in [0.5, 0.6) is 0 Å². The fourth-order valence-electron chi connectivity index (χ4n) is 4.06. The molecule has 4 atom stereocenters. The van der Waals surface area contributed by atoms with Crippen LogP contribution in [0.3, 0.4) is 0 Å². The Morgan fingerprint density at radius 2 is 1.50 bits per heavy atom. The molecule has 2 saturated heterocycles. The lowest BCUT2D eigenvalue weighted by Gasteiger charge is -2.29. The van der Waals surface area contributed by atoms with Crippen LogP contribution in [0, 0.1) is 22.7 Å². The fourth-order valence-corrected chi connectivity index (χ4v) is 4.06. The largest absolute Gasteiger partial charge is 0.392 e. The second-order valence-corrected chi connectivity index (χ2v) is 7.51. The first kappa shape index (κ1) is 16.9. The van der Waals surface area contributed by atoms with Crippen LogP contribution >= 0.6 is 0 Å². The third kappa shape index (κ3) is 2.48. The van der Waals surface area contributed by atoms with E-state index in [1.165, 1.54) is 0 Å². The molecule has 6 nitrogen and oxygen atoms in total. The summed E-state index contributed by atoms with van der Waals surface area (Å²) in [5, 5.41) is 0. The van der Waals surface area contributed by atoms with Gasteiger partial charge in [0.15, 0.2) is 0 Å². The van der Waals surface area contributed by atoms with Gasteiger partial charge >= 0.3 is 23.9 Å². The maximum absolute atomic E-state index is 11.3. The van der Waals surface area contributed by atoms with Crippen molar-refractivity contribution in [3.05, 3.63) is 12.2 Å². The highest BCUT2D eigenvalue weighted by Crippen LogP contribution is 2.46. The van der Waals surface area contributed by atoms with Crippen molar-refractivity contribution < 1.29 is 28.7 Å². The summed E-state index contributed by atoms with van der Waals surface area (Å²) in [5.74, 6) is -1.72. The van der Waals surface area contributed by atoms with E-state index >= 15 is 0 Å². The van der Waals surface area contributed by atoms with Crippen LogP contribution in [0.1, 0.15) is 52.4 Å². The first-order valence-corrected chi connectivity index (χ1v) is 8.46. The number of cyclic esters (lactones) is 4. The van der Waals surface area contributed by atoms with Gasteiger partial charge in [-0.05, 0) is 39.5 Å². The zero-order valence-electron chi connectivity index (χ0n) is 14.0. The minimum absolute atomic E-state index is 0.154. The van der Waals surface area contributed by atoms with Crippen molar-refractivity contribution in [2.24, 2.45) is 22.7 Å². The molecule has 0 amide bonds. The van der Waals surface area contributed by atoms with Crippen molar-refractivity contribution in [2.75, 3.05) is 0 Å². The van der Waals surface area contributed by atoms with Crippen LogP contribution in [0.15, 0.2) is 12.2 Å². The van der Waals surface area contributed by atoms with Crippen LogP contribution in [0.4, 0.5) is 0 Å². The van der Waals surface area contributed by atoms with Gasteiger partial charge in [0.1, 0.15) is 0 Å². The summed E-state index contributed by atoms with van der Waals surface area (Å²) in [7, 11) is 0. The van der Waals surface area contributed by atoms with Crippen LogP contribution < -0.4 is 0 Å². The number of hydrogen-bond acceptors (Lipinski definition) is 6. The van der Waals surface area contributed by atoms with Crippen LogP contribution in [0.2, 0.25) is 0 Å². The molecule has 2 aliphatic carbocycles. The Morgan fingerprint density at radius 1 is 0.875 bits per heavy atom. The van der Waals surface area contributed by atoms with E-state index in [0.29, 0.717) is 12.8 Å². The van der Waals surface area contributed by atoms with Gasteiger partial charge in [0.05, 0.1) is 22.7 Å². The SMILES string of the molecule is CC12CC=CCC1C(=O)OC2=O.CC12CCCCC1C(=O)OC2=O. The molecule has 0 aromatic carbocycles. The molecule has 4 rings (SSSR count). The topological polar surface area (TPSA) is 86.7 Å². The van der Waals surface area contributed by atoms with Crippen molar-refractivity contribution in [3.8, 4) is 0 Å². The molecule has 130 valence electrons. The maximum atomic E-state index is 11.3. The van der Waals surface area contributed by atoms with Gasteiger partial charge < -0.3 is 9.47 Å². The van der Waals surface area contributed by atoms with Gasteiger partial charge in [-0.25, -0.2) is 0 Å². The van der Waals surface area contributed by atoms with Crippen molar-refractivity contribution in [3.63, 3.8) is 0 Å². The van der Waals surface area contributed by atoms with Crippen molar-refractivity contribution in [1.29, 1.82) is 0 Å². The molecule has 24 heavy (non-hydrogen) atoms. The third-order valence-corrected chi connectivity index (χ3v) is 5.95. The lowest BCUT2D eigenvalue weighted by molar-refractivity contribution is -0.156. The van der Waals surface area contributed by atoms with Gasteiger partial charge in [-0.1, -0.05) is 25.0 Å². The molecular formula is C18H22O6. The molecule has 0 spiro atoms. The Balaban J connectivity index is 0.000000141. The Kier molecular flexibility index (Phi) is 4.10. The van der Waals surface area contributed by atoms with Crippen LogP contribution in [-0.4, -0.2) is 23.9 Å². The molecule has 1 saturated carbocycles. The van der Waals surface area contributed by atoms with E-state index in [1.54, 1.807) is 6.92 Å². The number of esters is 4. The van der Waals surface area contributed by atoms with Gasteiger partial charge in [-0.2, -0.15) is 0 Å². The summed E-state index contributed by atoms with van der Waals surface area (Å²) in [6.07, 6.45) is 8.85. The van der Waals surface area contributed by atoms with Crippen molar-refractivity contribution in [1.82, 2.24) is 0 Å². The quantitative estimate of drug-likeness (QED) is 0.384. The van der Waals surface area contributed by atoms with E-state index in [4.69, 9.17) is 0 Å². The van der Waals surface area contributed by atoms with Crippen molar-refractivity contribution in [2.45, 2.75) is 52.4 Å². The van der Waals surface area contributed by atoms with E-state index in [9.17, 15) is 19.2 Å². The molecule has 0 radical (unpaired) electrons. The first-order chi connectivity index (χ1) is 11.3. The number of fused-ring (bicyclic) bond motifs is 2. The monoisotopic (exact) mass is 334 g/mol. The highest BCUT2D eigenvalue weighted by molar-refractivity contribution is 5.99. The minimum Gasteiger partial charge on any atom is -0.392 e. The lowest BCUT2D eigenvalue weighted by atomic mass is 9.69. The maximum Gasteiger partial charge on any atom is 0.320 e. The highest BCUT2D eigenvalue weighted by Gasteiger charge is 2.55. The number of rotatable bonds is 0. The first-order valence-electron chi connectivity index (χ1n) is 8.46. The summed E-state index contributed by atoms with van der Waals surface area (Å²) in [6, 6.07) is 0. The number of carbonyl (C=O) groups is 4. The molecule has 6 heteroatoms. The predicted molar refractivity (Wildman–Crippen MR) is 82.2 cm³/mol. The molecule has 0 aromatic rings. The molecule has 4 aliphatic rings. The van der Waals surface area contributed by atoms with E-state index in [2.05, 4.69) is 9.47 Å². The van der Waals surface area contributed by atoms with Gasteiger partial charge in [-0.15, -0.1) is 0 Å². The van der Waals surface area contributed by atoms with Gasteiger partial charge in [0, 0.05) is 0 Å². The van der Waals surface area contributed by atoms with E-state index < -0.39 is 10.8 Å². The van der Waals surface area contributed by atoms with Crippen LogP contribution in [-0.2, 0) is 28.7 Å². The summed E-state index contributed by atoms with van der Waals surface area (Å²) in [6.45, 7) is 3.65. The van der Waals surface area contributed by atoms with E-state index in [-0.39, 0.29) is 35.7 Å². The second-order valence-electron chi connectivity index (χ2n) is 7.51. The second kappa shape index (κ2) is 5.83. The zero-order chi connectivity index (χ0) is 17.5. The summed E-state index contributed by atoms with van der Waals surface area (Å²) < 4.78 is 9.23. The molecular weight excluding hydrogens is 312 g/mol. The number of allylic oxidation sites excluding steroid dienone is 2. The molecule has 0 N–H and O–H groups in total. The lowest BCUT2D eigenvalue weighted by Crippen LogP contribution is -2.33. The van der Waals surface area contributed by atoms with E-state index in [0.717, 1.165) is 25.7 Å². The summed E-state index contributed by atoms with van der Waals surface area (Å²) >= 11 is 0. The Hall–Kier alpha value is -1.98. The standard InChI is InChI=1S/C9H12O3.C9H10O3/c2*1-9-5-3-2-4-6(9)7(10)12-8(9)11/h6H,2-5H2,1H3;2-3,6H,4-5H2,1H3. The zero-order valence-corrected chi connectivity index (χ0v) is 14.0. The minimum atomic E-state index is -0.578. The Labute approximate surface area is 140 Å². The summed E-state index contributed by atoms with van der Waals surface area (Å²) in [4.78, 5) is 44.9. The summed E-state index contributed by atoms with van der Waals surface area (Å²) in [5.41, 5.74) is -1.07. The van der Waals surface area contributed by atoms with Crippen LogP contribution in [0.25, 0.3) is 0 Å². The Morgan fingerprint density at radius 3 is 2.12 bits per heavy atom. The number of carbonyl (C=O) groups excluding carboxylic acids is 4. The Bertz CT molecular complexity index is 635.